The summed E-state index contributed by atoms with van der Waals surface area (Å²) in [6.07, 6.45) is 4.77. The number of hydrogen-bond donors (Lipinski definition) is 0. The fourth-order valence-corrected chi connectivity index (χ4v) is 2.66. The van der Waals surface area contributed by atoms with Gasteiger partial charge in [0, 0.05) is 31.5 Å². The molecule has 0 aliphatic carbocycles. The lowest BCUT2D eigenvalue weighted by Crippen LogP contribution is -2.27. The molecular formula is C16H25N7. The Morgan fingerprint density at radius 1 is 1.17 bits per heavy atom. The van der Waals surface area contributed by atoms with Gasteiger partial charge in [-0.2, -0.15) is 0 Å². The van der Waals surface area contributed by atoms with Gasteiger partial charge in [-0.1, -0.05) is 0 Å². The Labute approximate surface area is 137 Å². The van der Waals surface area contributed by atoms with Crippen LogP contribution in [0.1, 0.15) is 37.5 Å². The van der Waals surface area contributed by atoms with Crippen LogP contribution < -0.4 is 4.90 Å². The van der Waals surface area contributed by atoms with E-state index in [0.717, 1.165) is 49.2 Å². The maximum atomic E-state index is 4.44. The van der Waals surface area contributed by atoms with Crippen molar-refractivity contribution in [1.29, 1.82) is 0 Å². The van der Waals surface area contributed by atoms with Crippen molar-refractivity contribution in [2.45, 2.75) is 52.9 Å². The second kappa shape index (κ2) is 6.62. The van der Waals surface area contributed by atoms with Crippen LogP contribution in [0.15, 0.2) is 12.4 Å². The Morgan fingerprint density at radius 2 is 1.91 bits per heavy atom. The second-order valence-electron chi connectivity index (χ2n) is 6.53. The molecule has 3 rings (SSSR count). The van der Waals surface area contributed by atoms with Crippen LogP contribution in [0.2, 0.25) is 0 Å². The Kier molecular flexibility index (Phi) is 4.56. The molecule has 7 heteroatoms. The largest absolute Gasteiger partial charge is 0.333 e. The van der Waals surface area contributed by atoms with Crippen molar-refractivity contribution in [1.82, 2.24) is 29.6 Å². The van der Waals surface area contributed by atoms with E-state index in [4.69, 9.17) is 0 Å². The third kappa shape index (κ3) is 3.50. The predicted octanol–water partition coefficient (Wildman–Crippen LogP) is 1.63. The van der Waals surface area contributed by atoms with Crippen LogP contribution in [0, 0.1) is 6.92 Å². The van der Waals surface area contributed by atoms with Crippen molar-refractivity contribution in [2.24, 2.45) is 0 Å². The van der Waals surface area contributed by atoms with E-state index < -0.39 is 0 Å². The minimum absolute atomic E-state index is 0.492. The van der Waals surface area contributed by atoms with Crippen LogP contribution in [0.4, 0.5) is 5.95 Å². The average molecular weight is 315 g/mol. The summed E-state index contributed by atoms with van der Waals surface area (Å²) in [5.74, 6) is 2.81. The van der Waals surface area contributed by atoms with E-state index in [-0.39, 0.29) is 0 Å². The van der Waals surface area contributed by atoms with Crippen molar-refractivity contribution in [3.05, 3.63) is 29.6 Å². The first kappa shape index (κ1) is 15.9. The van der Waals surface area contributed by atoms with E-state index >= 15 is 0 Å². The maximum absolute atomic E-state index is 4.44. The molecule has 0 aromatic carbocycles. The zero-order valence-corrected chi connectivity index (χ0v) is 14.4. The molecule has 0 fully saturated rings. The van der Waals surface area contributed by atoms with Crippen molar-refractivity contribution < 1.29 is 0 Å². The molecule has 0 saturated carbocycles. The molecule has 23 heavy (non-hydrogen) atoms. The topological polar surface area (TPSA) is 63.0 Å². The molecule has 7 nitrogen and oxygen atoms in total. The quantitative estimate of drug-likeness (QED) is 0.854. The average Bonchev–Trinajstić information content (AvgIpc) is 2.77. The SMILES string of the molecule is Cc1cnc(N2CCCn3c(nnc3CN(C)C(C)C)C2)nc1. The minimum atomic E-state index is 0.492. The van der Waals surface area contributed by atoms with Gasteiger partial charge in [0.15, 0.2) is 5.82 Å². The number of rotatable bonds is 4. The maximum Gasteiger partial charge on any atom is 0.225 e. The molecule has 3 heterocycles. The van der Waals surface area contributed by atoms with Crippen molar-refractivity contribution >= 4 is 5.95 Å². The number of fused-ring (bicyclic) bond motifs is 1. The summed E-state index contributed by atoms with van der Waals surface area (Å²) >= 11 is 0. The zero-order valence-electron chi connectivity index (χ0n) is 14.4. The third-order valence-corrected chi connectivity index (χ3v) is 4.37. The summed E-state index contributed by atoms with van der Waals surface area (Å²) in [4.78, 5) is 13.4. The van der Waals surface area contributed by atoms with E-state index in [1.807, 2.05) is 19.3 Å². The summed E-state index contributed by atoms with van der Waals surface area (Å²) in [7, 11) is 2.12. The van der Waals surface area contributed by atoms with Crippen LogP contribution >= 0.6 is 0 Å². The summed E-state index contributed by atoms with van der Waals surface area (Å²) in [6, 6.07) is 0.492. The van der Waals surface area contributed by atoms with Crippen molar-refractivity contribution in [3.63, 3.8) is 0 Å². The fraction of sp³-hybridized carbons (Fsp3) is 0.625. The van der Waals surface area contributed by atoms with Crippen LogP contribution in [0.25, 0.3) is 0 Å². The van der Waals surface area contributed by atoms with Crippen LogP contribution in [-0.2, 0) is 19.6 Å². The molecule has 1 aliphatic rings. The monoisotopic (exact) mass is 315 g/mol. The lowest BCUT2D eigenvalue weighted by Gasteiger charge is -2.20. The standard InChI is InChI=1S/C16H25N7/c1-12(2)21(4)10-14-19-20-15-11-22(6-5-7-23(14)15)16-17-8-13(3)9-18-16/h8-9,12H,5-7,10-11H2,1-4H3. The molecule has 124 valence electrons. The van der Waals surface area contributed by atoms with Gasteiger partial charge >= 0.3 is 0 Å². The molecule has 1 aliphatic heterocycles. The van der Waals surface area contributed by atoms with Gasteiger partial charge in [-0.25, -0.2) is 9.97 Å². The smallest absolute Gasteiger partial charge is 0.225 e. The van der Waals surface area contributed by atoms with Crippen molar-refractivity contribution in [3.8, 4) is 0 Å². The second-order valence-corrected chi connectivity index (χ2v) is 6.53. The van der Waals surface area contributed by atoms with Crippen molar-refractivity contribution in [2.75, 3.05) is 18.5 Å². The Morgan fingerprint density at radius 3 is 2.61 bits per heavy atom. The molecule has 0 bridgehead atoms. The van der Waals surface area contributed by atoms with Gasteiger partial charge in [0.2, 0.25) is 5.95 Å². The molecule has 2 aromatic heterocycles. The van der Waals surface area contributed by atoms with E-state index in [0.29, 0.717) is 12.6 Å². The number of nitrogens with zero attached hydrogens (tertiary/aromatic N) is 7. The third-order valence-electron chi connectivity index (χ3n) is 4.37. The molecule has 0 unspecified atom stereocenters. The van der Waals surface area contributed by atoms with E-state index in [9.17, 15) is 0 Å². The highest BCUT2D eigenvalue weighted by atomic mass is 15.4. The highest BCUT2D eigenvalue weighted by Crippen LogP contribution is 2.18. The first-order valence-corrected chi connectivity index (χ1v) is 8.19. The van der Waals surface area contributed by atoms with E-state index in [1.54, 1.807) is 0 Å². The predicted molar refractivity (Wildman–Crippen MR) is 89.1 cm³/mol. The Balaban J connectivity index is 1.79. The Bertz CT molecular complexity index is 647. The lowest BCUT2D eigenvalue weighted by molar-refractivity contribution is 0.255. The molecule has 0 saturated heterocycles. The molecule has 0 amide bonds. The summed E-state index contributed by atoms with van der Waals surface area (Å²) in [5, 5.41) is 8.82. The molecule has 0 radical (unpaired) electrons. The van der Waals surface area contributed by atoms with Gasteiger partial charge in [0.1, 0.15) is 5.82 Å². The van der Waals surface area contributed by atoms with E-state index in [1.165, 1.54) is 0 Å². The number of hydrogen-bond acceptors (Lipinski definition) is 6. The molecule has 0 spiro atoms. The summed E-state index contributed by atoms with van der Waals surface area (Å²) in [6.45, 7) is 9.80. The molecular weight excluding hydrogens is 290 g/mol. The van der Waals surface area contributed by atoms with Gasteiger partial charge in [-0.3, -0.25) is 4.90 Å². The van der Waals surface area contributed by atoms with Gasteiger partial charge in [-0.05, 0) is 39.8 Å². The zero-order chi connectivity index (χ0) is 16.4. The number of aromatic nitrogens is 5. The van der Waals surface area contributed by atoms with Gasteiger partial charge in [0.05, 0.1) is 13.1 Å². The van der Waals surface area contributed by atoms with Gasteiger partial charge in [-0.15, -0.1) is 10.2 Å². The Hall–Kier alpha value is -2.02. The van der Waals surface area contributed by atoms with Gasteiger partial charge < -0.3 is 9.47 Å². The van der Waals surface area contributed by atoms with E-state index in [2.05, 4.69) is 55.4 Å². The fourth-order valence-electron chi connectivity index (χ4n) is 2.66. The molecule has 2 aromatic rings. The van der Waals surface area contributed by atoms with Crippen LogP contribution in [0.3, 0.4) is 0 Å². The summed E-state index contributed by atoms with van der Waals surface area (Å²) in [5.41, 5.74) is 1.07. The molecule has 0 N–H and O–H groups in total. The first-order chi connectivity index (χ1) is 11.0. The lowest BCUT2D eigenvalue weighted by atomic mass is 10.3. The molecule has 0 atom stereocenters. The minimum Gasteiger partial charge on any atom is -0.333 e. The van der Waals surface area contributed by atoms with Crippen LogP contribution in [0.5, 0.6) is 0 Å². The van der Waals surface area contributed by atoms with Crippen LogP contribution in [-0.4, -0.2) is 49.3 Å². The number of aryl methyl sites for hydroxylation is 1. The highest BCUT2D eigenvalue weighted by molar-refractivity contribution is 5.30. The van der Waals surface area contributed by atoms with Gasteiger partial charge in [0.25, 0.3) is 0 Å². The number of anilines is 1. The summed E-state index contributed by atoms with van der Waals surface area (Å²) < 4.78 is 2.26. The first-order valence-electron chi connectivity index (χ1n) is 8.19. The normalized spacial score (nSPS) is 15.1. The highest BCUT2D eigenvalue weighted by Gasteiger charge is 2.21.